The third kappa shape index (κ3) is 3.17. The molecule has 0 aliphatic heterocycles. The second-order valence-electron chi connectivity index (χ2n) is 5.60. The highest BCUT2D eigenvalue weighted by atomic mass is 16.1. The summed E-state index contributed by atoms with van der Waals surface area (Å²) < 4.78 is 2.01. The van der Waals surface area contributed by atoms with Crippen LogP contribution in [0.5, 0.6) is 0 Å². The number of carbonyl (C=O) groups excluding carboxylic acids is 1. The molecule has 4 nitrogen and oxygen atoms in total. The molecule has 0 aliphatic rings. The highest BCUT2D eigenvalue weighted by molar-refractivity contribution is 5.91. The Kier molecular flexibility index (Phi) is 3.92. The van der Waals surface area contributed by atoms with Gasteiger partial charge in [0, 0.05) is 18.7 Å². The molecule has 0 aliphatic carbocycles. The Balaban J connectivity index is 1.65. The third-order valence-corrected chi connectivity index (χ3v) is 3.61. The van der Waals surface area contributed by atoms with E-state index in [0.717, 1.165) is 27.8 Å². The fourth-order valence-electron chi connectivity index (χ4n) is 2.68. The van der Waals surface area contributed by atoms with Gasteiger partial charge in [0.15, 0.2) is 0 Å². The Morgan fingerprint density at radius 2 is 1.86 bits per heavy atom. The molecule has 4 heteroatoms. The Labute approximate surface area is 129 Å². The fraction of sp³-hybridized carbons (Fsp3) is 0.222. The molecule has 22 heavy (non-hydrogen) atoms. The quantitative estimate of drug-likeness (QED) is 0.797. The van der Waals surface area contributed by atoms with E-state index in [1.54, 1.807) is 6.33 Å². The maximum absolute atomic E-state index is 12.1. The van der Waals surface area contributed by atoms with Crippen molar-refractivity contribution in [2.45, 2.75) is 26.8 Å². The summed E-state index contributed by atoms with van der Waals surface area (Å²) in [6.07, 6.45) is 2.21. The van der Waals surface area contributed by atoms with Crippen LogP contribution in [0.4, 0.5) is 5.69 Å². The van der Waals surface area contributed by atoms with E-state index < -0.39 is 0 Å². The van der Waals surface area contributed by atoms with E-state index in [1.807, 2.05) is 54.8 Å². The average molecular weight is 293 g/mol. The van der Waals surface area contributed by atoms with Crippen LogP contribution < -0.4 is 5.32 Å². The summed E-state index contributed by atoms with van der Waals surface area (Å²) in [5, 5.41) is 2.96. The summed E-state index contributed by atoms with van der Waals surface area (Å²) >= 11 is 0. The molecule has 0 radical (unpaired) electrons. The van der Waals surface area contributed by atoms with E-state index >= 15 is 0 Å². The van der Waals surface area contributed by atoms with Gasteiger partial charge in [0.25, 0.3) is 0 Å². The van der Waals surface area contributed by atoms with Gasteiger partial charge in [-0.05, 0) is 49.2 Å². The van der Waals surface area contributed by atoms with E-state index in [-0.39, 0.29) is 5.91 Å². The van der Waals surface area contributed by atoms with Crippen LogP contribution in [0.25, 0.3) is 11.0 Å². The Hall–Kier alpha value is -2.62. The van der Waals surface area contributed by atoms with Crippen molar-refractivity contribution < 1.29 is 4.79 Å². The monoisotopic (exact) mass is 293 g/mol. The summed E-state index contributed by atoms with van der Waals surface area (Å²) in [4.78, 5) is 16.5. The van der Waals surface area contributed by atoms with E-state index in [0.29, 0.717) is 13.0 Å². The number of hydrogen-bond donors (Lipinski definition) is 1. The molecule has 0 unspecified atom stereocenters. The molecule has 1 aromatic heterocycles. The molecule has 1 amide bonds. The van der Waals surface area contributed by atoms with Gasteiger partial charge in [0.2, 0.25) is 5.91 Å². The zero-order valence-corrected chi connectivity index (χ0v) is 12.8. The van der Waals surface area contributed by atoms with Crippen LogP contribution in [0.3, 0.4) is 0 Å². The lowest BCUT2D eigenvalue weighted by molar-refractivity contribution is -0.116. The van der Waals surface area contributed by atoms with E-state index in [4.69, 9.17) is 0 Å². The van der Waals surface area contributed by atoms with Gasteiger partial charge in [-0.25, -0.2) is 4.98 Å². The Morgan fingerprint density at radius 1 is 1.14 bits per heavy atom. The van der Waals surface area contributed by atoms with Crippen LogP contribution in [-0.4, -0.2) is 15.5 Å². The largest absolute Gasteiger partial charge is 0.330 e. The summed E-state index contributed by atoms with van der Waals surface area (Å²) in [6, 6.07) is 14.0. The first-order valence-electron chi connectivity index (χ1n) is 7.40. The maximum Gasteiger partial charge on any atom is 0.226 e. The fourth-order valence-corrected chi connectivity index (χ4v) is 2.68. The van der Waals surface area contributed by atoms with Gasteiger partial charge in [-0.1, -0.05) is 18.2 Å². The normalized spacial score (nSPS) is 10.8. The lowest BCUT2D eigenvalue weighted by Gasteiger charge is -2.08. The van der Waals surface area contributed by atoms with E-state index in [9.17, 15) is 4.79 Å². The summed E-state index contributed by atoms with van der Waals surface area (Å²) in [5.74, 6) is 0.0165. The number of benzene rings is 2. The number of carbonyl (C=O) groups is 1. The molecular weight excluding hydrogens is 274 g/mol. The molecule has 0 saturated heterocycles. The van der Waals surface area contributed by atoms with Crippen LogP contribution in [0.15, 0.2) is 48.8 Å². The topological polar surface area (TPSA) is 46.9 Å². The highest BCUT2D eigenvalue weighted by Crippen LogP contribution is 2.15. The van der Waals surface area contributed by atoms with E-state index in [1.165, 1.54) is 0 Å². The predicted molar refractivity (Wildman–Crippen MR) is 88.9 cm³/mol. The lowest BCUT2D eigenvalue weighted by Crippen LogP contribution is -2.14. The number of nitrogens with one attached hydrogen (secondary N) is 1. The number of aryl methyl sites for hydroxylation is 3. The molecule has 0 atom stereocenters. The molecule has 1 N–H and O–H groups in total. The van der Waals surface area contributed by atoms with Gasteiger partial charge < -0.3 is 9.88 Å². The smallest absolute Gasteiger partial charge is 0.226 e. The van der Waals surface area contributed by atoms with Gasteiger partial charge in [-0.3, -0.25) is 4.79 Å². The SMILES string of the molecule is Cc1cc(C)cc(NC(=O)CCn2cnc3ccccc32)c1. The Bertz CT molecular complexity index is 800. The number of aromatic nitrogens is 2. The van der Waals surface area contributed by atoms with Crippen LogP contribution in [0.2, 0.25) is 0 Å². The first-order chi connectivity index (χ1) is 10.6. The van der Waals surface area contributed by atoms with Crippen molar-refractivity contribution in [3.63, 3.8) is 0 Å². The number of hydrogen-bond acceptors (Lipinski definition) is 2. The third-order valence-electron chi connectivity index (χ3n) is 3.61. The van der Waals surface area contributed by atoms with Crippen molar-refractivity contribution in [1.29, 1.82) is 0 Å². The number of fused-ring (bicyclic) bond motifs is 1. The molecule has 1 heterocycles. The minimum absolute atomic E-state index is 0.0165. The number of amides is 1. The molecule has 3 rings (SSSR count). The van der Waals surface area contributed by atoms with Crippen molar-refractivity contribution in [1.82, 2.24) is 9.55 Å². The van der Waals surface area contributed by atoms with Crippen molar-refractivity contribution >= 4 is 22.6 Å². The number of nitrogens with zero attached hydrogens (tertiary/aromatic N) is 2. The Morgan fingerprint density at radius 3 is 2.64 bits per heavy atom. The highest BCUT2D eigenvalue weighted by Gasteiger charge is 2.06. The minimum atomic E-state index is 0.0165. The van der Waals surface area contributed by atoms with Gasteiger partial charge in [0.05, 0.1) is 17.4 Å². The molecule has 0 bridgehead atoms. The van der Waals surface area contributed by atoms with Crippen LogP contribution in [0, 0.1) is 13.8 Å². The summed E-state index contributed by atoms with van der Waals surface area (Å²) in [5.41, 5.74) is 5.17. The molecule has 3 aromatic rings. The van der Waals surface area contributed by atoms with Crippen LogP contribution in [0.1, 0.15) is 17.5 Å². The molecule has 112 valence electrons. The molecular formula is C18H19N3O. The number of anilines is 1. The van der Waals surface area contributed by atoms with Gasteiger partial charge in [0.1, 0.15) is 0 Å². The first-order valence-corrected chi connectivity index (χ1v) is 7.40. The summed E-state index contributed by atoms with van der Waals surface area (Å²) in [7, 11) is 0. The lowest BCUT2D eigenvalue weighted by atomic mass is 10.1. The van der Waals surface area contributed by atoms with Gasteiger partial charge in [-0.15, -0.1) is 0 Å². The van der Waals surface area contributed by atoms with E-state index in [2.05, 4.69) is 16.4 Å². The standard InChI is InChI=1S/C18H19N3O/c1-13-9-14(2)11-15(10-13)20-18(22)7-8-21-12-19-16-5-3-4-6-17(16)21/h3-6,9-12H,7-8H2,1-2H3,(H,20,22). The van der Waals surface area contributed by atoms with Crippen molar-refractivity contribution in [2.24, 2.45) is 0 Å². The van der Waals surface area contributed by atoms with Crippen molar-refractivity contribution in [3.8, 4) is 0 Å². The maximum atomic E-state index is 12.1. The second kappa shape index (κ2) is 6.02. The average Bonchev–Trinajstić information content (AvgIpc) is 2.87. The zero-order valence-electron chi connectivity index (χ0n) is 12.8. The molecule has 0 saturated carbocycles. The predicted octanol–water partition coefficient (Wildman–Crippen LogP) is 3.68. The van der Waals surface area contributed by atoms with Gasteiger partial charge >= 0.3 is 0 Å². The minimum Gasteiger partial charge on any atom is -0.330 e. The summed E-state index contributed by atoms with van der Waals surface area (Å²) in [6.45, 7) is 4.68. The molecule has 0 fully saturated rings. The van der Waals surface area contributed by atoms with Crippen LogP contribution >= 0.6 is 0 Å². The number of para-hydroxylation sites is 2. The number of imidazole rings is 1. The van der Waals surface area contributed by atoms with Crippen molar-refractivity contribution in [2.75, 3.05) is 5.32 Å². The first kappa shape index (κ1) is 14.3. The second-order valence-corrected chi connectivity index (χ2v) is 5.60. The zero-order chi connectivity index (χ0) is 15.5. The number of rotatable bonds is 4. The molecule has 0 spiro atoms. The molecule has 2 aromatic carbocycles. The van der Waals surface area contributed by atoms with Gasteiger partial charge in [-0.2, -0.15) is 0 Å². The van der Waals surface area contributed by atoms with Crippen molar-refractivity contribution in [3.05, 3.63) is 59.9 Å². The van der Waals surface area contributed by atoms with Crippen LogP contribution in [-0.2, 0) is 11.3 Å².